The SMILES string of the molecule is CCCc1cc2c(N3CCn4c(nnc4C(F)(F)F)C3)nc(N3CC/C(=N\OC)C3)nc2s1. The summed E-state index contributed by atoms with van der Waals surface area (Å²) in [5.74, 6) is 0.635. The summed E-state index contributed by atoms with van der Waals surface area (Å²) in [6.45, 7) is 4.13. The largest absolute Gasteiger partial charge is 0.451 e. The number of aromatic nitrogens is 5. The third kappa shape index (κ3) is 4.09. The highest BCUT2D eigenvalue weighted by Gasteiger charge is 2.40. The molecule has 0 N–H and O–H groups in total. The van der Waals surface area contributed by atoms with E-state index in [9.17, 15) is 13.2 Å². The number of oxime groups is 1. The molecule has 0 atom stereocenters. The van der Waals surface area contributed by atoms with Crippen molar-refractivity contribution in [3.63, 3.8) is 0 Å². The van der Waals surface area contributed by atoms with Crippen LogP contribution in [0.25, 0.3) is 10.2 Å². The highest BCUT2D eigenvalue weighted by Crippen LogP contribution is 2.36. The third-order valence-electron chi connectivity index (χ3n) is 5.76. The molecule has 0 aliphatic carbocycles. The molecule has 3 aromatic heterocycles. The lowest BCUT2D eigenvalue weighted by Crippen LogP contribution is -2.36. The molecule has 2 aliphatic heterocycles. The Kier molecular flexibility index (Phi) is 5.59. The molecule has 0 bridgehead atoms. The quantitative estimate of drug-likeness (QED) is 0.517. The van der Waals surface area contributed by atoms with Crippen LogP contribution >= 0.6 is 11.3 Å². The van der Waals surface area contributed by atoms with Crippen molar-refractivity contribution in [2.75, 3.05) is 36.5 Å². The molecule has 0 amide bonds. The number of aryl methyl sites for hydroxylation is 1. The maximum atomic E-state index is 13.2. The van der Waals surface area contributed by atoms with E-state index in [1.54, 1.807) is 11.3 Å². The van der Waals surface area contributed by atoms with Gasteiger partial charge in [-0.2, -0.15) is 18.2 Å². The van der Waals surface area contributed by atoms with E-state index in [-0.39, 0.29) is 18.9 Å². The second kappa shape index (κ2) is 8.43. The van der Waals surface area contributed by atoms with Gasteiger partial charge in [0, 0.05) is 30.9 Å². The predicted molar refractivity (Wildman–Crippen MR) is 119 cm³/mol. The molecular formula is C20H23F3N8OS. The number of thiophene rings is 1. The zero-order valence-electron chi connectivity index (χ0n) is 18.3. The molecule has 0 spiro atoms. The van der Waals surface area contributed by atoms with Crippen LogP contribution in [0, 0.1) is 0 Å². The first-order valence-electron chi connectivity index (χ1n) is 10.8. The Morgan fingerprint density at radius 3 is 2.73 bits per heavy atom. The third-order valence-corrected chi connectivity index (χ3v) is 6.85. The minimum atomic E-state index is -4.53. The van der Waals surface area contributed by atoms with Gasteiger partial charge in [-0.05, 0) is 12.5 Å². The first-order chi connectivity index (χ1) is 15.9. The van der Waals surface area contributed by atoms with Crippen molar-refractivity contribution in [2.24, 2.45) is 5.16 Å². The number of fused-ring (bicyclic) bond motifs is 2. The normalized spacial score (nSPS) is 17.9. The van der Waals surface area contributed by atoms with Crippen LogP contribution in [-0.2, 0) is 30.5 Å². The Morgan fingerprint density at radius 2 is 1.97 bits per heavy atom. The van der Waals surface area contributed by atoms with Crippen molar-refractivity contribution >= 4 is 39.0 Å². The van der Waals surface area contributed by atoms with Gasteiger partial charge in [0.25, 0.3) is 0 Å². The smallest absolute Gasteiger partial charge is 0.399 e. The zero-order chi connectivity index (χ0) is 23.2. The summed E-state index contributed by atoms with van der Waals surface area (Å²) >= 11 is 1.64. The lowest BCUT2D eigenvalue weighted by molar-refractivity contribution is -0.147. The van der Waals surface area contributed by atoms with E-state index >= 15 is 0 Å². The van der Waals surface area contributed by atoms with Gasteiger partial charge in [0.15, 0.2) is 5.82 Å². The topological polar surface area (TPSA) is 84.6 Å². The molecule has 1 fully saturated rings. The Morgan fingerprint density at radius 1 is 1.12 bits per heavy atom. The van der Waals surface area contributed by atoms with Gasteiger partial charge < -0.3 is 19.2 Å². The van der Waals surface area contributed by atoms with E-state index in [0.29, 0.717) is 24.9 Å². The zero-order valence-corrected chi connectivity index (χ0v) is 19.1. The van der Waals surface area contributed by atoms with Gasteiger partial charge in [-0.25, -0.2) is 4.98 Å². The van der Waals surface area contributed by atoms with Crippen LogP contribution in [0.15, 0.2) is 11.2 Å². The van der Waals surface area contributed by atoms with E-state index < -0.39 is 12.0 Å². The van der Waals surface area contributed by atoms with E-state index in [0.717, 1.165) is 46.3 Å². The van der Waals surface area contributed by atoms with E-state index in [1.165, 1.54) is 12.0 Å². The first kappa shape index (κ1) is 21.9. The molecule has 0 radical (unpaired) electrons. The monoisotopic (exact) mass is 480 g/mol. The molecule has 5 rings (SSSR count). The molecule has 2 aliphatic rings. The number of hydrogen-bond donors (Lipinski definition) is 0. The van der Waals surface area contributed by atoms with Crippen molar-refractivity contribution in [1.82, 2.24) is 24.7 Å². The summed E-state index contributed by atoms with van der Waals surface area (Å²) < 4.78 is 40.9. The van der Waals surface area contributed by atoms with Crippen LogP contribution in [0.5, 0.6) is 0 Å². The second-order valence-corrected chi connectivity index (χ2v) is 9.17. The van der Waals surface area contributed by atoms with Crippen molar-refractivity contribution in [3.8, 4) is 0 Å². The summed E-state index contributed by atoms with van der Waals surface area (Å²) in [5.41, 5.74) is 0.923. The van der Waals surface area contributed by atoms with Crippen molar-refractivity contribution < 1.29 is 18.0 Å². The molecule has 0 aromatic carbocycles. The van der Waals surface area contributed by atoms with Crippen molar-refractivity contribution in [1.29, 1.82) is 0 Å². The highest BCUT2D eigenvalue weighted by atomic mass is 32.1. The van der Waals surface area contributed by atoms with Crippen LogP contribution < -0.4 is 9.80 Å². The molecule has 0 saturated carbocycles. The fourth-order valence-corrected chi connectivity index (χ4v) is 5.38. The van der Waals surface area contributed by atoms with Gasteiger partial charge in [0.2, 0.25) is 11.8 Å². The first-order valence-corrected chi connectivity index (χ1v) is 11.6. The van der Waals surface area contributed by atoms with Crippen LogP contribution in [0.3, 0.4) is 0 Å². The minimum absolute atomic E-state index is 0.137. The molecule has 176 valence electrons. The number of hydrogen-bond acceptors (Lipinski definition) is 9. The number of halogens is 3. The van der Waals surface area contributed by atoms with Gasteiger partial charge >= 0.3 is 6.18 Å². The highest BCUT2D eigenvalue weighted by molar-refractivity contribution is 7.18. The van der Waals surface area contributed by atoms with Gasteiger partial charge in [-0.1, -0.05) is 18.5 Å². The van der Waals surface area contributed by atoms with Gasteiger partial charge in [0.1, 0.15) is 17.8 Å². The van der Waals surface area contributed by atoms with Crippen molar-refractivity contribution in [3.05, 3.63) is 22.6 Å². The number of rotatable bonds is 5. The maximum Gasteiger partial charge on any atom is 0.451 e. The standard InChI is InChI=1S/C20H23F3N8OS/c1-3-4-13-9-14-16(29-7-8-31-15(11-29)26-27-18(31)20(21,22)23)24-19(25-17(14)33-13)30-6-5-12(10-30)28-32-2/h9H,3-8,10-11H2,1-2H3/b28-12+. The summed E-state index contributed by atoms with van der Waals surface area (Å²) in [6, 6.07) is 2.10. The molecule has 13 heteroatoms. The Hall–Kier alpha value is -2.96. The molecule has 33 heavy (non-hydrogen) atoms. The Balaban J connectivity index is 1.52. The average molecular weight is 481 g/mol. The second-order valence-electron chi connectivity index (χ2n) is 8.05. The number of alkyl halides is 3. The van der Waals surface area contributed by atoms with Crippen LogP contribution in [-0.4, -0.2) is 57.2 Å². The Labute approximate surface area is 191 Å². The average Bonchev–Trinajstić information content (AvgIpc) is 3.50. The maximum absolute atomic E-state index is 13.2. The minimum Gasteiger partial charge on any atom is -0.399 e. The molecule has 5 heterocycles. The van der Waals surface area contributed by atoms with E-state index in [4.69, 9.17) is 14.8 Å². The summed E-state index contributed by atoms with van der Waals surface area (Å²) in [4.78, 5) is 20.7. The molecule has 9 nitrogen and oxygen atoms in total. The lowest BCUT2D eigenvalue weighted by Gasteiger charge is -2.30. The predicted octanol–water partition coefficient (Wildman–Crippen LogP) is 3.49. The summed E-state index contributed by atoms with van der Waals surface area (Å²) in [6.07, 6.45) is -1.81. The Bertz CT molecular complexity index is 1200. The van der Waals surface area contributed by atoms with Crippen LogP contribution in [0.2, 0.25) is 0 Å². The molecule has 3 aromatic rings. The van der Waals surface area contributed by atoms with Gasteiger partial charge in [-0.15, -0.1) is 21.5 Å². The fraction of sp³-hybridized carbons (Fsp3) is 0.550. The van der Waals surface area contributed by atoms with E-state index in [1.807, 2.05) is 9.80 Å². The van der Waals surface area contributed by atoms with Crippen LogP contribution in [0.4, 0.5) is 24.9 Å². The molecule has 1 saturated heterocycles. The van der Waals surface area contributed by atoms with Gasteiger partial charge in [-0.3, -0.25) is 0 Å². The van der Waals surface area contributed by atoms with Crippen molar-refractivity contribution in [2.45, 2.75) is 45.5 Å². The fourth-order valence-electron chi connectivity index (χ4n) is 4.26. The van der Waals surface area contributed by atoms with E-state index in [2.05, 4.69) is 28.3 Å². The summed E-state index contributed by atoms with van der Waals surface area (Å²) in [7, 11) is 1.52. The molecular weight excluding hydrogens is 457 g/mol. The number of anilines is 2. The van der Waals surface area contributed by atoms with Crippen LogP contribution in [0.1, 0.15) is 36.3 Å². The molecule has 0 unspecified atom stereocenters. The van der Waals surface area contributed by atoms with Gasteiger partial charge in [0.05, 0.1) is 24.2 Å². The number of nitrogens with zero attached hydrogens (tertiary/aromatic N) is 8. The summed E-state index contributed by atoms with van der Waals surface area (Å²) in [5, 5.41) is 12.2. The lowest BCUT2D eigenvalue weighted by atomic mass is 10.2.